The number of hydrogen-bond donors (Lipinski definition) is 2. The van der Waals surface area contributed by atoms with Crippen LogP contribution in [-0.2, 0) is 4.74 Å². The minimum absolute atomic E-state index is 0.366. The summed E-state index contributed by atoms with van der Waals surface area (Å²) < 4.78 is 4.76. The molecular formula is C14H22N2O2. The molecule has 0 fully saturated rings. The molecule has 1 rings (SSSR count). The molecule has 0 aliphatic carbocycles. The zero-order valence-corrected chi connectivity index (χ0v) is 11.3. The molecule has 4 nitrogen and oxygen atoms in total. The molecule has 1 aromatic rings. The predicted octanol–water partition coefficient (Wildman–Crippen LogP) is 2.90. The Balaban J connectivity index is 2.84. The van der Waals surface area contributed by atoms with E-state index in [0.717, 1.165) is 25.1 Å². The fourth-order valence-electron chi connectivity index (χ4n) is 1.83. The Morgan fingerprint density at radius 1 is 1.39 bits per heavy atom. The lowest BCUT2D eigenvalue weighted by atomic mass is 10.0. The normalized spacial score (nSPS) is 10.4. The Labute approximate surface area is 109 Å². The van der Waals surface area contributed by atoms with E-state index in [1.807, 2.05) is 6.07 Å². The average molecular weight is 250 g/mol. The van der Waals surface area contributed by atoms with E-state index in [4.69, 9.17) is 10.5 Å². The van der Waals surface area contributed by atoms with E-state index in [1.165, 1.54) is 7.11 Å². The zero-order valence-electron chi connectivity index (χ0n) is 11.3. The van der Waals surface area contributed by atoms with Crippen LogP contribution in [0.5, 0.6) is 0 Å². The van der Waals surface area contributed by atoms with E-state index in [9.17, 15) is 4.79 Å². The molecule has 0 aliphatic heterocycles. The highest BCUT2D eigenvalue weighted by atomic mass is 16.5. The molecular weight excluding hydrogens is 228 g/mol. The Morgan fingerprint density at radius 2 is 2.06 bits per heavy atom. The van der Waals surface area contributed by atoms with Gasteiger partial charge >= 0.3 is 5.97 Å². The van der Waals surface area contributed by atoms with E-state index < -0.39 is 0 Å². The number of nitrogens with two attached hydrogens (primary N) is 1. The summed E-state index contributed by atoms with van der Waals surface area (Å²) in [4.78, 5) is 11.7. The molecule has 0 unspecified atom stereocenters. The first kappa shape index (κ1) is 14.4. The Bertz CT molecular complexity index is 401. The molecule has 18 heavy (non-hydrogen) atoms. The number of esters is 1. The minimum atomic E-state index is -0.366. The van der Waals surface area contributed by atoms with Gasteiger partial charge in [0.1, 0.15) is 0 Å². The van der Waals surface area contributed by atoms with Crippen molar-refractivity contribution < 1.29 is 9.53 Å². The molecule has 0 aliphatic rings. The van der Waals surface area contributed by atoms with E-state index in [0.29, 0.717) is 17.2 Å². The first-order chi connectivity index (χ1) is 8.62. The number of rotatable bonds is 6. The van der Waals surface area contributed by atoms with Crippen LogP contribution in [0.25, 0.3) is 0 Å². The lowest BCUT2D eigenvalue weighted by molar-refractivity contribution is 0.0602. The van der Waals surface area contributed by atoms with Crippen LogP contribution in [0.1, 0.15) is 37.0 Å². The summed E-state index contributed by atoms with van der Waals surface area (Å²) in [5.74, 6) is 0.238. The summed E-state index contributed by atoms with van der Waals surface area (Å²) >= 11 is 0. The summed E-state index contributed by atoms with van der Waals surface area (Å²) in [6.45, 7) is 5.18. The molecule has 0 spiro atoms. The van der Waals surface area contributed by atoms with Crippen LogP contribution in [0.3, 0.4) is 0 Å². The number of carbonyl (C=O) groups excluding carboxylic acids is 1. The maximum atomic E-state index is 11.7. The fraction of sp³-hybridized carbons (Fsp3) is 0.500. The van der Waals surface area contributed by atoms with Gasteiger partial charge < -0.3 is 15.8 Å². The van der Waals surface area contributed by atoms with E-state index in [1.54, 1.807) is 12.1 Å². The van der Waals surface area contributed by atoms with E-state index in [-0.39, 0.29) is 5.97 Å². The monoisotopic (exact) mass is 250 g/mol. The third-order valence-corrected chi connectivity index (χ3v) is 3.18. The molecule has 0 saturated heterocycles. The smallest absolute Gasteiger partial charge is 0.340 e. The topological polar surface area (TPSA) is 64.3 Å². The maximum absolute atomic E-state index is 11.7. The Kier molecular flexibility index (Phi) is 5.49. The quantitative estimate of drug-likeness (QED) is 0.602. The van der Waals surface area contributed by atoms with Crippen molar-refractivity contribution in [2.75, 3.05) is 24.7 Å². The molecule has 100 valence electrons. The summed E-state index contributed by atoms with van der Waals surface area (Å²) in [7, 11) is 1.37. The molecule has 0 atom stereocenters. The maximum Gasteiger partial charge on any atom is 0.340 e. The number of benzene rings is 1. The molecule has 0 saturated carbocycles. The van der Waals surface area contributed by atoms with E-state index in [2.05, 4.69) is 19.2 Å². The zero-order chi connectivity index (χ0) is 13.5. The number of nitrogen functional groups attached to an aromatic ring is 1. The van der Waals surface area contributed by atoms with Crippen LogP contribution >= 0.6 is 0 Å². The second kappa shape index (κ2) is 6.89. The van der Waals surface area contributed by atoms with Crippen molar-refractivity contribution in [1.29, 1.82) is 0 Å². The van der Waals surface area contributed by atoms with Crippen molar-refractivity contribution in [3.63, 3.8) is 0 Å². The number of methoxy groups -OCH3 is 1. The Hall–Kier alpha value is -1.71. The highest BCUT2D eigenvalue weighted by Crippen LogP contribution is 2.21. The van der Waals surface area contributed by atoms with Gasteiger partial charge in [-0.2, -0.15) is 0 Å². The number of anilines is 2. The lowest BCUT2D eigenvalue weighted by Crippen LogP contribution is -2.15. The molecule has 0 amide bonds. The van der Waals surface area contributed by atoms with Gasteiger partial charge in [-0.25, -0.2) is 4.79 Å². The van der Waals surface area contributed by atoms with Gasteiger partial charge in [0.05, 0.1) is 12.7 Å². The van der Waals surface area contributed by atoms with Crippen molar-refractivity contribution in [3.8, 4) is 0 Å². The first-order valence-electron chi connectivity index (χ1n) is 6.34. The van der Waals surface area contributed by atoms with Crippen molar-refractivity contribution in [1.82, 2.24) is 0 Å². The number of ether oxygens (including phenoxy) is 1. The third kappa shape index (κ3) is 3.65. The number of carbonyl (C=O) groups is 1. The largest absolute Gasteiger partial charge is 0.465 e. The standard InChI is InChI=1S/C14H22N2O2/c1-4-10(5-2)9-16-13-7-6-11(15)8-12(13)14(17)18-3/h6-8,10,16H,4-5,9,15H2,1-3H3. The summed E-state index contributed by atoms with van der Waals surface area (Å²) in [6, 6.07) is 5.24. The van der Waals surface area contributed by atoms with E-state index >= 15 is 0 Å². The predicted molar refractivity (Wildman–Crippen MR) is 74.8 cm³/mol. The van der Waals surface area contributed by atoms with Gasteiger partial charge in [0.2, 0.25) is 0 Å². The molecule has 3 N–H and O–H groups in total. The van der Waals surface area contributed by atoms with Crippen LogP contribution < -0.4 is 11.1 Å². The molecule has 0 radical (unpaired) electrons. The highest BCUT2D eigenvalue weighted by Gasteiger charge is 2.13. The van der Waals surface area contributed by atoms with Crippen LogP contribution in [-0.4, -0.2) is 19.6 Å². The van der Waals surface area contributed by atoms with Crippen LogP contribution in [0.15, 0.2) is 18.2 Å². The Morgan fingerprint density at radius 3 is 2.61 bits per heavy atom. The lowest BCUT2D eigenvalue weighted by Gasteiger charge is -2.16. The third-order valence-electron chi connectivity index (χ3n) is 3.18. The van der Waals surface area contributed by atoms with Crippen LogP contribution in [0, 0.1) is 5.92 Å². The van der Waals surface area contributed by atoms with Crippen molar-refractivity contribution >= 4 is 17.3 Å². The van der Waals surface area contributed by atoms with Gasteiger partial charge in [-0.1, -0.05) is 26.7 Å². The van der Waals surface area contributed by atoms with Gasteiger partial charge in [0.15, 0.2) is 0 Å². The second-order valence-electron chi connectivity index (χ2n) is 4.36. The van der Waals surface area contributed by atoms with Gasteiger partial charge in [0, 0.05) is 17.9 Å². The van der Waals surface area contributed by atoms with Crippen molar-refractivity contribution in [3.05, 3.63) is 23.8 Å². The number of nitrogens with one attached hydrogen (secondary N) is 1. The molecule has 0 heterocycles. The average Bonchev–Trinajstić information content (AvgIpc) is 2.40. The van der Waals surface area contributed by atoms with Crippen molar-refractivity contribution in [2.45, 2.75) is 26.7 Å². The fourth-order valence-corrected chi connectivity index (χ4v) is 1.83. The minimum Gasteiger partial charge on any atom is -0.465 e. The molecule has 1 aromatic carbocycles. The molecule has 4 heteroatoms. The van der Waals surface area contributed by atoms with Gasteiger partial charge in [0.25, 0.3) is 0 Å². The molecule has 0 aromatic heterocycles. The summed E-state index contributed by atoms with van der Waals surface area (Å²) in [5.41, 5.74) is 7.52. The molecule has 0 bridgehead atoms. The van der Waals surface area contributed by atoms with Crippen molar-refractivity contribution in [2.24, 2.45) is 5.92 Å². The second-order valence-corrected chi connectivity index (χ2v) is 4.36. The summed E-state index contributed by atoms with van der Waals surface area (Å²) in [5, 5.41) is 3.30. The first-order valence-corrected chi connectivity index (χ1v) is 6.34. The number of hydrogen-bond acceptors (Lipinski definition) is 4. The highest BCUT2D eigenvalue weighted by molar-refractivity contribution is 5.96. The van der Waals surface area contributed by atoms with Gasteiger partial charge in [-0.3, -0.25) is 0 Å². The van der Waals surface area contributed by atoms with Crippen LogP contribution in [0.2, 0.25) is 0 Å². The SMILES string of the molecule is CCC(CC)CNc1ccc(N)cc1C(=O)OC. The summed E-state index contributed by atoms with van der Waals surface area (Å²) in [6.07, 6.45) is 2.23. The van der Waals surface area contributed by atoms with Gasteiger partial charge in [-0.05, 0) is 24.1 Å². The van der Waals surface area contributed by atoms with Gasteiger partial charge in [-0.15, -0.1) is 0 Å². The van der Waals surface area contributed by atoms with Crippen LogP contribution in [0.4, 0.5) is 11.4 Å².